The van der Waals surface area contributed by atoms with Crippen molar-refractivity contribution >= 4 is 17.5 Å². The first-order chi connectivity index (χ1) is 14.7. The van der Waals surface area contributed by atoms with Crippen molar-refractivity contribution in [1.29, 1.82) is 0 Å². The van der Waals surface area contributed by atoms with Crippen LogP contribution in [0.3, 0.4) is 0 Å². The largest absolute Gasteiger partial charge is 0.450 e. The predicted molar refractivity (Wildman–Crippen MR) is 120 cm³/mol. The second kappa shape index (κ2) is 8.48. The lowest BCUT2D eigenvalue weighted by atomic mass is 9.49. The third-order valence-corrected chi connectivity index (χ3v) is 9.62. The molecule has 3 fully saturated rings. The van der Waals surface area contributed by atoms with Gasteiger partial charge < -0.3 is 4.74 Å². The molecular formula is C27H40O4. The molecule has 4 aliphatic rings. The number of hydrogen-bond donors (Lipinski definition) is 0. The highest BCUT2D eigenvalue weighted by Gasteiger charge is 2.67. The minimum Gasteiger partial charge on any atom is -0.450 e. The summed E-state index contributed by atoms with van der Waals surface area (Å²) >= 11 is 0. The highest BCUT2D eigenvalue weighted by atomic mass is 16.6. The molecule has 0 radical (unpaired) electrons. The van der Waals surface area contributed by atoms with Crippen molar-refractivity contribution in [3.05, 3.63) is 11.6 Å². The quantitative estimate of drug-likeness (QED) is 0.395. The van der Waals surface area contributed by atoms with Crippen LogP contribution in [0.1, 0.15) is 98.3 Å². The van der Waals surface area contributed by atoms with Crippen molar-refractivity contribution < 1.29 is 19.1 Å². The van der Waals surface area contributed by atoms with Gasteiger partial charge in [-0.05, 0) is 87.5 Å². The van der Waals surface area contributed by atoms with Crippen molar-refractivity contribution in [3.63, 3.8) is 0 Å². The van der Waals surface area contributed by atoms with Crippen molar-refractivity contribution in [1.82, 2.24) is 0 Å². The van der Waals surface area contributed by atoms with Crippen LogP contribution < -0.4 is 0 Å². The molecule has 0 N–H and O–H groups in total. The number of fused-ring (bicyclic) bond motifs is 5. The Labute approximate surface area is 187 Å². The number of allylic oxidation sites excluding steroid dienone is 1. The molecule has 4 rings (SSSR count). The van der Waals surface area contributed by atoms with Crippen molar-refractivity contribution in [2.45, 2.75) is 104 Å². The topological polar surface area (TPSA) is 60.4 Å². The Kier molecular flexibility index (Phi) is 6.22. The Morgan fingerprint density at radius 1 is 1.13 bits per heavy atom. The van der Waals surface area contributed by atoms with E-state index < -0.39 is 5.60 Å². The summed E-state index contributed by atoms with van der Waals surface area (Å²) in [4.78, 5) is 37.8. The molecule has 0 saturated heterocycles. The maximum atomic E-state index is 13.1. The molecule has 4 nitrogen and oxygen atoms in total. The Morgan fingerprint density at radius 2 is 1.90 bits per heavy atom. The molecule has 7 atom stereocenters. The molecule has 31 heavy (non-hydrogen) atoms. The number of Topliss-reactive ketones (excluding diaryl/α,β-unsaturated/α-hetero) is 1. The summed E-state index contributed by atoms with van der Waals surface area (Å²) in [6.45, 7) is 8.27. The Bertz CT molecular complexity index is 782. The van der Waals surface area contributed by atoms with Gasteiger partial charge in [-0.25, -0.2) is 0 Å². The molecule has 0 aromatic carbocycles. The van der Waals surface area contributed by atoms with Crippen LogP contribution in [0.15, 0.2) is 11.6 Å². The van der Waals surface area contributed by atoms with Gasteiger partial charge in [-0.3, -0.25) is 14.4 Å². The molecule has 4 heteroatoms. The van der Waals surface area contributed by atoms with Gasteiger partial charge in [0.25, 0.3) is 0 Å². The fourth-order valence-corrected chi connectivity index (χ4v) is 8.08. The number of carbonyl (C=O) groups is 3. The minimum atomic E-state index is -0.951. The smallest absolute Gasteiger partial charge is 0.306 e. The molecule has 0 spiro atoms. The van der Waals surface area contributed by atoms with Crippen LogP contribution in [0.4, 0.5) is 0 Å². The average Bonchev–Trinajstić information content (AvgIpc) is 3.02. The summed E-state index contributed by atoms with van der Waals surface area (Å²) in [6.07, 6.45) is 11.7. The van der Waals surface area contributed by atoms with E-state index in [4.69, 9.17) is 4.74 Å². The number of unbranched alkanes of at least 4 members (excludes halogenated alkanes) is 2. The van der Waals surface area contributed by atoms with E-state index in [0.29, 0.717) is 54.6 Å². The third-order valence-electron chi connectivity index (χ3n) is 9.62. The van der Waals surface area contributed by atoms with Gasteiger partial charge in [0, 0.05) is 18.3 Å². The molecule has 0 unspecified atom stereocenters. The van der Waals surface area contributed by atoms with Crippen LogP contribution >= 0.6 is 0 Å². The van der Waals surface area contributed by atoms with E-state index in [1.807, 2.05) is 6.08 Å². The lowest BCUT2D eigenvalue weighted by Crippen LogP contribution is -2.58. The second-order valence-corrected chi connectivity index (χ2v) is 11.1. The fraction of sp³-hybridized carbons (Fsp3) is 0.815. The van der Waals surface area contributed by atoms with Crippen LogP contribution in [0.2, 0.25) is 0 Å². The molecule has 0 aromatic heterocycles. The fourth-order valence-electron chi connectivity index (χ4n) is 8.08. The van der Waals surface area contributed by atoms with Crippen molar-refractivity contribution in [2.24, 2.45) is 35.0 Å². The first-order valence-corrected chi connectivity index (χ1v) is 12.7. The van der Waals surface area contributed by atoms with Gasteiger partial charge in [0.2, 0.25) is 0 Å². The van der Waals surface area contributed by atoms with Gasteiger partial charge in [0.1, 0.15) is 0 Å². The zero-order chi connectivity index (χ0) is 22.4. The van der Waals surface area contributed by atoms with Crippen LogP contribution in [-0.4, -0.2) is 23.1 Å². The number of ketones is 2. The Hall–Kier alpha value is -1.45. The van der Waals surface area contributed by atoms with Gasteiger partial charge in [0.15, 0.2) is 17.2 Å². The standard InChI is InChI=1S/C27H40O4/c1-5-6-7-8-25(30)31-27(18(3)28)14-12-24-23-15-17(2)22-16-19(29)9-10-20(22)21(23)11-13-26(24,27)4/h16-17,20-21,23-24H,5-15H2,1-4H3/t17-,20+,21+,23+,24-,26-,27-/m0/s1. The zero-order valence-corrected chi connectivity index (χ0v) is 19.9. The Morgan fingerprint density at radius 3 is 2.61 bits per heavy atom. The van der Waals surface area contributed by atoms with E-state index in [9.17, 15) is 14.4 Å². The van der Waals surface area contributed by atoms with Crippen molar-refractivity contribution in [2.75, 3.05) is 0 Å². The minimum absolute atomic E-state index is 0.0347. The number of esters is 1. The summed E-state index contributed by atoms with van der Waals surface area (Å²) in [5.41, 5.74) is 0.166. The van der Waals surface area contributed by atoms with E-state index in [-0.39, 0.29) is 17.2 Å². The SMILES string of the molecule is CCCCCC(=O)O[C@]1(C(C)=O)CC[C@H]2[C@@H]3C[C@H](C)C4=CC(=O)CC[C@@H]4[C@H]3CC[C@@]21C. The summed E-state index contributed by atoms with van der Waals surface area (Å²) in [5, 5.41) is 0. The van der Waals surface area contributed by atoms with Crippen LogP contribution in [0.25, 0.3) is 0 Å². The third kappa shape index (κ3) is 3.62. The summed E-state index contributed by atoms with van der Waals surface area (Å²) in [7, 11) is 0. The lowest BCUT2D eigenvalue weighted by Gasteiger charge is -2.56. The predicted octanol–water partition coefficient (Wildman–Crippen LogP) is 5.83. The van der Waals surface area contributed by atoms with E-state index in [0.717, 1.165) is 51.4 Å². The molecular weight excluding hydrogens is 388 g/mol. The first kappa shape index (κ1) is 22.7. The van der Waals surface area contributed by atoms with E-state index >= 15 is 0 Å². The summed E-state index contributed by atoms with van der Waals surface area (Å²) in [6, 6.07) is 0. The van der Waals surface area contributed by atoms with Gasteiger partial charge in [-0.1, -0.05) is 39.2 Å². The maximum absolute atomic E-state index is 13.1. The first-order valence-electron chi connectivity index (χ1n) is 12.7. The second-order valence-electron chi connectivity index (χ2n) is 11.1. The number of carbonyl (C=O) groups excluding carboxylic acids is 3. The molecule has 0 heterocycles. The van der Waals surface area contributed by atoms with Crippen LogP contribution in [0, 0.1) is 35.0 Å². The molecule has 3 saturated carbocycles. The number of rotatable bonds is 6. The van der Waals surface area contributed by atoms with Crippen LogP contribution in [-0.2, 0) is 19.1 Å². The van der Waals surface area contributed by atoms with Gasteiger partial charge in [-0.15, -0.1) is 0 Å². The zero-order valence-electron chi connectivity index (χ0n) is 19.9. The van der Waals surface area contributed by atoms with Crippen LogP contribution in [0.5, 0.6) is 0 Å². The number of hydrogen-bond acceptors (Lipinski definition) is 4. The average molecular weight is 429 g/mol. The highest BCUT2D eigenvalue weighted by molar-refractivity contribution is 5.91. The van der Waals surface area contributed by atoms with Gasteiger partial charge in [0.05, 0.1) is 0 Å². The van der Waals surface area contributed by atoms with Crippen molar-refractivity contribution in [3.8, 4) is 0 Å². The monoisotopic (exact) mass is 428 g/mol. The lowest BCUT2D eigenvalue weighted by molar-refractivity contribution is -0.188. The van der Waals surface area contributed by atoms with E-state index in [2.05, 4.69) is 20.8 Å². The van der Waals surface area contributed by atoms with Gasteiger partial charge in [-0.2, -0.15) is 0 Å². The molecule has 172 valence electrons. The highest BCUT2D eigenvalue weighted by Crippen LogP contribution is 2.66. The molecule has 0 aromatic rings. The normalized spacial score (nSPS) is 41.6. The Balaban J connectivity index is 1.59. The maximum Gasteiger partial charge on any atom is 0.306 e. The molecule has 0 amide bonds. The molecule has 0 aliphatic heterocycles. The van der Waals surface area contributed by atoms with E-state index in [1.54, 1.807) is 6.92 Å². The number of ether oxygens (including phenoxy) is 1. The molecule has 0 bridgehead atoms. The summed E-state index contributed by atoms with van der Waals surface area (Å²) < 4.78 is 6.16. The molecule has 4 aliphatic carbocycles. The summed E-state index contributed by atoms with van der Waals surface area (Å²) in [5.74, 6) is 2.68. The van der Waals surface area contributed by atoms with E-state index in [1.165, 1.54) is 5.57 Å². The van der Waals surface area contributed by atoms with Gasteiger partial charge >= 0.3 is 5.97 Å².